The van der Waals surface area contributed by atoms with Gasteiger partial charge in [-0.1, -0.05) is 12.1 Å². The summed E-state index contributed by atoms with van der Waals surface area (Å²) in [5.41, 5.74) is 0.557. The molecule has 112 valence electrons. The number of carboxylic acid groups (broad SMARTS) is 1. The van der Waals surface area contributed by atoms with Crippen LogP contribution in [0.1, 0.15) is 18.4 Å². The van der Waals surface area contributed by atoms with Crippen LogP contribution in [0, 0.1) is 16.0 Å². The van der Waals surface area contributed by atoms with Gasteiger partial charge in [-0.15, -0.1) is 0 Å². The summed E-state index contributed by atoms with van der Waals surface area (Å²) in [5.74, 6) is -0.979. The Kier molecular flexibility index (Phi) is 4.52. The molecule has 1 aromatic carbocycles. The molecule has 1 amide bonds. The number of carbonyl (C=O) groups excluding carboxylic acids is 1. The summed E-state index contributed by atoms with van der Waals surface area (Å²) >= 11 is 0. The van der Waals surface area contributed by atoms with Gasteiger partial charge < -0.3 is 10.0 Å². The van der Waals surface area contributed by atoms with Gasteiger partial charge in [0.15, 0.2) is 0 Å². The molecule has 2 rings (SSSR count). The third kappa shape index (κ3) is 4.01. The Hall–Kier alpha value is -2.44. The van der Waals surface area contributed by atoms with Crippen LogP contribution in [0.3, 0.4) is 0 Å². The summed E-state index contributed by atoms with van der Waals surface area (Å²) in [6, 6.07) is 6.00. The number of nitro benzene ring substituents is 1. The Labute approximate surface area is 121 Å². The minimum absolute atomic E-state index is 0.00319. The number of nitro groups is 1. The molecule has 0 spiro atoms. The lowest BCUT2D eigenvalue weighted by molar-refractivity contribution is -0.384. The predicted molar refractivity (Wildman–Crippen MR) is 73.7 cm³/mol. The molecular formula is C14H16N2O5. The number of hydrogen-bond donors (Lipinski definition) is 1. The fourth-order valence-corrected chi connectivity index (χ4v) is 2.54. The average molecular weight is 292 g/mol. The molecular weight excluding hydrogens is 276 g/mol. The summed E-state index contributed by atoms with van der Waals surface area (Å²) in [4.78, 5) is 34.6. The Balaban J connectivity index is 1.94. The number of amides is 1. The van der Waals surface area contributed by atoms with Crippen molar-refractivity contribution < 1.29 is 19.6 Å². The maximum Gasteiger partial charge on any atom is 0.303 e. The van der Waals surface area contributed by atoms with Crippen molar-refractivity contribution in [3.8, 4) is 0 Å². The molecule has 1 fully saturated rings. The van der Waals surface area contributed by atoms with Crippen LogP contribution < -0.4 is 0 Å². The summed E-state index contributed by atoms with van der Waals surface area (Å²) in [7, 11) is 0. The lowest BCUT2D eigenvalue weighted by atomic mass is 10.1. The van der Waals surface area contributed by atoms with Crippen molar-refractivity contribution in [3.05, 3.63) is 39.9 Å². The molecule has 0 bridgehead atoms. The molecule has 0 aliphatic carbocycles. The van der Waals surface area contributed by atoms with Gasteiger partial charge in [0.2, 0.25) is 5.91 Å². The number of carboxylic acids is 1. The largest absolute Gasteiger partial charge is 0.481 e. The molecule has 21 heavy (non-hydrogen) atoms. The van der Waals surface area contributed by atoms with Crippen LogP contribution in [0.15, 0.2) is 24.3 Å². The van der Waals surface area contributed by atoms with E-state index in [0.29, 0.717) is 25.1 Å². The summed E-state index contributed by atoms with van der Waals surface area (Å²) in [6.45, 7) is 0.992. The second-order valence-corrected chi connectivity index (χ2v) is 5.20. The van der Waals surface area contributed by atoms with E-state index in [1.54, 1.807) is 17.0 Å². The Morgan fingerprint density at radius 1 is 1.43 bits per heavy atom. The number of likely N-dealkylation sites (tertiary alicyclic amines) is 1. The van der Waals surface area contributed by atoms with E-state index in [1.807, 2.05) is 0 Å². The quantitative estimate of drug-likeness (QED) is 0.654. The molecule has 0 aromatic heterocycles. The van der Waals surface area contributed by atoms with Gasteiger partial charge in [-0.25, -0.2) is 0 Å². The van der Waals surface area contributed by atoms with Gasteiger partial charge >= 0.3 is 5.97 Å². The predicted octanol–water partition coefficient (Wildman–Crippen LogP) is 1.46. The molecule has 1 atom stereocenters. The minimum atomic E-state index is -0.854. The highest BCUT2D eigenvalue weighted by Crippen LogP contribution is 2.21. The zero-order valence-electron chi connectivity index (χ0n) is 11.4. The first-order chi connectivity index (χ1) is 9.95. The third-order valence-electron chi connectivity index (χ3n) is 3.58. The standard InChI is InChI=1S/C14H16N2O5/c17-13(15-5-4-11(9-15)8-14(18)19)7-10-2-1-3-12(6-10)16(20)21/h1-3,6,11H,4-5,7-9H2,(H,18,19). The molecule has 1 N–H and O–H groups in total. The number of non-ortho nitro benzene ring substituents is 1. The second-order valence-electron chi connectivity index (χ2n) is 5.20. The highest BCUT2D eigenvalue weighted by Gasteiger charge is 2.27. The van der Waals surface area contributed by atoms with Gasteiger partial charge in [0.1, 0.15) is 0 Å². The minimum Gasteiger partial charge on any atom is -0.481 e. The van der Waals surface area contributed by atoms with Crippen LogP contribution in [0.4, 0.5) is 5.69 Å². The van der Waals surface area contributed by atoms with Gasteiger partial charge in [-0.2, -0.15) is 0 Å². The van der Waals surface area contributed by atoms with E-state index >= 15 is 0 Å². The van der Waals surface area contributed by atoms with E-state index in [4.69, 9.17) is 5.11 Å². The molecule has 0 saturated carbocycles. The van der Waals surface area contributed by atoms with Crippen LogP contribution in [0.2, 0.25) is 0 Å². The Morgan fingerprint density at radius 3 is 2.86 bits per heavy atom. The summed E-state index contributed by atoms with van der Waals surface area (Å²) in [5, 5.41) is 19.4. The maximum atomic E-state index is 12.1. The van der Waals surface area contributed by atoms with Gasteiger partial charge in [0, 0.05) is 31.6 Å². The van der Waals surface area contributed by atoms with Gasteiger partial charge in [0.05, 0.1) is 11.3 Å². The van der Waals surface area contributed by atoms with Gasteiger partial charge in [0.25, 0.3) is 5.69 Å². The van der Waals surface area contributed by atoms with Crippen molar-refractivity contribution in [1.29, 1.82) is 0 Å². The van der Waals surface area contributed by atoms with Gasteiger partial charge in [-0.05, 0) is 17.9 Å². The van der Waals surface area contributed by atoms with Crippen molar-refractivity contribution in [2.45, 2.75) is 19.3 Å². The SMILES string of the molecule is O=C(O)CC1CCN(C(=O)Cc2cccc([N+](=O)[O-])c2)C1. The number of hydrogen-bond acceptors (Lipinski definition) is 4. The van der Waals surface area contributed by atoms with Crippen molar-refractivity contribution in [2.24, 2.45) is 5.92 Å². The normalized spacial score (nSPS) is 17.7. The van der Waals surface area contributed by atoms with E-state index in [0.717, 1.165) is 0 Å². The van der Waals surface area contributed by atoms with E-state index in [-0.39, 0.29) is 30.4 Å². The molecule has 1 heterocycles. The first kappa shape index (κ1) is 15.0. The zero-order valence-corrected chi connectivity index (χ0v) is 11.4. The van der Waals surface area contributed by atoms with Crippen molar-refractivity contribution in [3.63, 3.8) is 0 Å². The lowest BCUT2D eigenvalue weighted by Gasteiger charge is -2.16. The number of nitrogens with zero attached hydrogens (tertiary/aromatic N) is 2. The summed E-state index contributed by atoms with van der Waals surface area (Å²) < 4.78 is 0. The molecule has 7 nitrogen and oxygen atoms in total. The van der Waals surface area contributed by atoms with E-state index in [2.05, 4.69) is 0 Å². The molecule has 1 aromatic rings. The van der Waals surface area contributed by atoms with Crippen LogP contribution in [0.5, 0.6) is 0 Å². The number of rotatable bonds is 5. The third-order valence-corrected chi connectivity index (χ3v) is 3.58. The Morgan fingerprint density at radius 2 is 2.19 bits per heavy atom. The molecule has 1 aliphatic rings. The Bertz CT molecular complexity index is 572. The number of aliphatic carboxylic acids is 1. The smallest absolute Gasteiger partial charge is 0.303 e. The first-order valence-corrected chi connectivity index (χ1v) is 6.68. The van der Waals surface area contributed by atoms with Crippen LogP contribution in [0.25, 0.3) is 0 Å². The molecule has 1 unspecified atom stereocenters. The molecule has 0 radical (unpaired) electrons. The van der Waals surface area contributed by atoms with Crippen LogP contribution in [-0.4, -0.2) is 39.9 Å². The number of carbonyl (C=O) groups is 2. The van der Waals surface area contributed by atoms with E-state index in [1.165, 1.54) is 12.1 Å². The van der Waals surface area contributed by atoms with E-state index in [9.17, 15) is 19.7 Å². The topological polar surface area (TPSA) is 101 Å². The van der Waals surface area contributed by atoms with Crippen molar-refractivity contribution in [2.75, 3.05) is 13.1 Å². The fraction of sp³-hybridized carbons (Fsp3) is 0.429. The molecule has 7 heteroatoms. The second kappa shape index (κ2) is 6.34. The van der Waals surface area contributed by atoms with Crippen molar-refractivity contribution >= 4 is 17.6 Å². The monoisotopic (exact) mass is 292 g/mol. The molecule has 1 aliphatic heterocycles. The van der Waals surface area contributed by atoms with Crippen LogP contribution >= 0.6 is 0 Å². The molecule has 1 saturated heterocycles. The highest BCUT2D eigenvalue weighted by atomic mass is 16.6. The fourth-order valence-electron chi connectivity index (χ4n) is 2.54. The lowest BCUT2D eigenvalue weighted by Crippen LogP contribution is -2.30. The van der Waals surface area contributed by atoms with Crippen molar-refractivity contribution in [1.82, 2.24) is 4.90 Å². The number of benzene rings is 1. The highest BCUT2D eigenvalue weighted by molar-refractivity contribution is 5.79. The van der Waals surface area contributed by atoms with Crippen LogP contribution in [-0.2, 0) is 16.0 Å². The van der Waals surface area contributed by atoms with E-state index < -0.39 is 10.9 Å². The zero-order chi connectivity index (χ0) is 15.4. The maximum absolute atomic E-state index is 12.1. The first-order valence-electron chi connectivity index (χ1n) is 6.68. The summed E-state index contributed by atoms with van der Waals surface area (Å²) in [6.07, 6.45) is 0.856. The average Bonchev–Trinajstić information content (AvgIpc) is 2.86. The van der Waals surface area contributed by atoms with Gasteiger partial charge in [-0.3, -0.25) is 19.7 Å².